The molecule has 1 saturated carbocycles. The number of rotatable bonds is 4. The predicted molar refractivity (Wildman–Crippen MR) is 72.2 cm³/mol. The van der Waals surface area contributed by atoms with Gasteiger partial charge in [-0.05, 0) is 38.3 Å². The average Bonchev–Trinajstić information content (AvgIpc) is 2.35. The molecule has 0 bridgehead atoms. The molecular formula is C14H18N2O3. The molecule has 2 amide bonds. The van der Waals surface area contributed by atoms with E-state index in [-0.39, 0.29) is 6.03 Å². The van der Waals surface area contributed by atoms with E-state index in [0.717, 1.165) is 12.1 Å². The van der Waals surface area contributed by atoms with Crippen molar-refractivity contribution in [3.63, 3.8) is 0 Å². The molecule has 102 valence electrons. The van der Waals surface area contributed by atoms with Crippen LogP contribution >= 0.6 is 0 Å². The number of carboxylic acid groups (broad SMARTS) is 1. The van der Waals surface area contributed by atoms with Gasteiger partial charge in [-0.3, -0.25) is 4.90 Å². The first-order valence-corrected chi connectivity index (χ1v) is 6.47. The number of nitrogens with zero attached hydrogens (tertiary/aromatic N) is 1. The van der Waals surface area contributed by atoms with Crippen LogP contribution in [0.3, 0.4) is 0 Å². The molecule has 19 heavy (non-hydrogen) atoms. The highest BCUT2D eigenvalue weighted by Crippen LogP contribution is 2.32. The van der Waals surface area contributed by atoms with E-state index in [1.54, 1.807) is 4.90 Å². The normalized spacial score (nSPS) is 16.3. The molecule has 2 rings (SSSR count). The van der Waals surface area contributed by atoms with E-state index in [9.17, 15) is 14.7 Å². The highest BCUT2D eigenvalue weighted by Gasteiger charge is 2.46. The van der Waals surface area contributed by atoms with Gasteiger partial charge in [0, 0.05) is 12.2 Å². The number of nitrogens with one attached hydrogen (secondary N) is 1. The van der Waals surface area contributed by atoms with Gasteiger partial charge < -0.3 is 10.4 Å². The fourth-order valence-corrected chi connectivity index (χ4v) is 2.25. The molecular weight excluding hydrogens is 244 g/mol. The fourth-order valence-electron chi connectivity index (χ4n) is 2.25. The Balaban J connectivity index is 2.12. The zero-order valence-corrected chi connectivity index (χ0v) is 10.9. The van der Waals surface area contributed by atoms with Gasteiger partial charge in [-0.2, -0.15) is 0 Å². The van der Waals surface area contributed by atoms with Crippen molar-refractivity contribution in [3.05, 3.63) is 30.3 Å². The third kappa shape index (κ3) is 2.54. The molecule has 0 heterocycles. The highest BCUT2D eigenvalue weighted by molar-refractivity contribution is 5.96. The van der Waals surface area contributed by atoms with Crippen molar-refractivity contribution in [1.29, 1.82) is 0 Å². The highest BCUT2D eigenvalue weighted by atomic mass is 16.4. The number of hydrogen-bond donors (Lipinski definition) is 2. The van der Waals surface area contributed by atoms with Crippen LogP contribution in [0.15, 0.2) is 30.3 Å². The lowest BCUT2D eigenvalue weighted by molar-refractivity contribution is -0.148. The van der Waals surface area contributed by atoms with Crippen molar-refractivity contribution in [2.45, 2.75) is 31.7 Å². The van der Waals surface area contributed by atoms with Crippen LogP contribution in [0.1, 0.15) is 26.2 Å². The minimum absolute atomic E-state index is 0.351. The first kappa shape index (κ1) is 13.4. The van der Waals surface area contributed by atoms with Gasteiger partial charge in [-0.25, -0.2) is 9.59 Å². The van der Waals surface area contributed by atoms with Crippen LogP contribution in [0, 0.1) is 0 Å². The van der Waals surface area contributed by atoms with E-state index in [4.69, 9.17) is 0 Å². The van der Waals surface area contributed by atoms with Gasteiger partial charge in [0.2, 0.25) is 0 Å². The van der Waals surface area contributed by atoms with Crippen molar-refractivity contribution < 1.29 is 14.7 Å². The number of urea groups is 1. The van der Waals surface area contributed by atoms with Gasteiger partial charge in [0.15, 0.2) is 0 Å². The number of para-hydroxylation sites is 1. The number of amides is 2. The summed E-state index contributed by atoms with van der Waals surface area (Å²) in [6.07, 6.45) is 1.84. The molecule has 1 aromatic carbocycles. The Labute approximate surface area is 112 Å². The number of carbonyl (C=O) groups is 2. The minimum Gasteiger partial charge on any atom is -0.480 e. The molecule has 5 nitrogen and oxygen atoms in total. The average molecular weight is 262 g/mol. The molecule has 0 radical (unpaired) electrons. The molecule has 0 aliphatic heterocycles. The Morgan fingerprint density at radius 2 is 1.95 bits per heavy atom. The maximum absolute atomic E-state index is 12.2. The maximum atomic E-state index is 12.2. The van der Waals surface area contributed by atoms with Crippen LogP contribution in [0.4, 0.5) is 10.5 Å². The Hall–Kier alpha value is -2.04. The number of aliphatic carboxylic acids is 1. The second kappa shape index (κ2) is 5.30. The standard InChI is InChI=1S/C14H18N2O3/c1-2-16(11-7-4-3-5-8-11)13(19)15-14(12(17)18)9-6-10-14/h3-5,7-8H,2,6,9-10H2,1H3,(H,15,19)(H,17,18). The summed E-state index contributed by atoms with van der Waals surface area (Å²) in [5, 5.41) is 11.9. The summed E-state index contributed by atoms with van der Waals surface area (Å²) in [4.78, 5) is 25.0. The molecule has 1 aliphatic rings. The molecule has 0 saturated heterocycles. The lowest BCUT2D eigenvalue weighted by Crippen LogP contribution is -2.61. The van der Waals surface area contributed by atoms with E-state index in [1.165, 1.54) is 0 Å². The molecule has 1 fully saturated rings. The topological polar surface area (TPSA) is 69.6 Å². The summed E-state index contributed by atoms with van der Waals surface area (Å²) in [7, 11) is 0. The molecule has 0 spiro atoms. The summed E-state index contributed by atoms with van der Waals surface area (Å²) in [5.74, 6) is -0.948. The van der Waals surface area contributed by atoms with Crippen LogP contribution in [0.5, 0.6) is 0 Å². The van der Waals surface area contributed by atoms with E-state index < -0.39 is 11.5 Å². The van der Waals surface area contributed by atoms with Crippen molar-refractivity contribution in [2.75, 3.05) is 11.4 Å². The first-order valence-electron chi connectivity index (χ1n) is 6.47. The summed E-state index contributed by atoms with van der Waals surface area (Å²) >= 11 is 0. The number of anilines is 1. The van der Waals surface area contributed by atoms with Gasteiger partial charge in [0.05, 0.1) is 0 Å². The number of carbonyl (C=O) groups excluding carboxylic acids is 1. The van der Waals surface area contributed by atoms with Crippen molar-refractivity contribution in [1.82, 2.24) is 5.32 Å². The second-order valence-electron chi connectivity index (χ2n) is 4.75. The van der Waals surface area contributed by atoms with Gasteiger partial charge in [-0.1, -0.05) is 18.2 Å². The van der Waals surface area contributed by atoms with Gasteiger partial charge in [-0.15, -0.1) is 0 Å². The SMILES string of the molecule is CCN(C(=O)NC1(C(=O)O)CCC1)c1ccccc1. The lowest BCUT2D eigenvalue weighted by atomic mass is 9.77. The number of benzene rings is 1. The predicted octanol–water partition coefficient (Wildman–Crippen LogP) is 2.23. The monoisotopic (exact) mass is 262 g/mol. The summed E-state index contributed by atoms with van der Waals surface area (Å²) < 4.78 is 0. The van der Waals surface area contributed by atoms with Crippen molar-refractivity contribution in [2.24, 2.45) is 0 Å². The van der Waals surface area contributed by atoms with E-state index in [1.807, 2.05) is 37.3 Å². The van der Waals surface area contributed by atoms with Crippen LogP contribution in [0.2, 0.25) is 0 Å². The summed E-state index contributed by atoms with van der Waals surface area (Å²) in [5.41, 5.74) is -0.304. The zero-order chi connectivity index (χ0) is 13.9. The molecule has 0 atom stereocenters. The molecule has 1 aromatic rings. The van der Waals surface area contributed by atoms with Crippen LogP contribution < -0.4 is 10.2 Å². The molecule has 2 N–H and O–H groups in total. The van der Waals surface area contributed by atoms with Crippen LogP contribution in [-0.4, -0.2) is 29.2 Å². The first-order chi connectivity index (χ1) is 9.09. The zero-order valence-electron chi connectivity index (χ0n) is 10.9. The van der Waals surface area contributed by atoms with Crippen molar-refractivity contribution >= 4 is 17.7 Å². The largest absolute Gasteiger partial charge is 0.480 e. The Morgan fingerprint density at radius 1 is 1.32 bits per heavy atom. The van der Waals surface area contributed by atoms with Gasteiger partial charge >= 0.3 is 12.0 Å². The third-order valence-corrected chi connectivity index (χ3v) is 3.59. The fraction of sp³-hybridized carbons (Fsp3) is 0.429. The summed E-state index contributed by atoms with van der Waals surface area (Å²) in [6.45, 7) is 2.35. The second-order valence-corrected chi connectivity index (χ2v) is 4.75. The van der Waals surface area contributed by atoms with Crippen LogP contribution in [-0.2, 0) is 4.79 Å². The molecule has 0 aromatic heterocycles. The molecule has 1 aliphatic carbocycles. The van der Waals surface area contributed by atoms with Crippen molar-refractivity contribution in [3.8, 4) is 0 Å². The van der Waals surface area contributed by atoms with E-state index in [0.29, 0.717) is 19.4 Å². The molecule has 5 heteroatoms. The number of carboxylic acids is 1. The van der Waals surface area contributed by atoms with Gasteiger partial charge in [0.1, 0.15) is 5.54 Å². The quantitative estimate of drug-likeness (QED) is 0.874. The molecule has 0 unspecified atom stereocenters. The van der Waals surface area contributed by atoms with Gasteiger partial charge in [0.25, 0.3) is 0 Å². The third-order valence-electron chi connectivity index (χ3n) is 3.59. The maximum Gasteiger partial charge on any atom is 0.329 e. The Bertz CT molecular complexity index is 469. The Kier molecular flexibility index (Phi) is 3.74. The smallest absolute Gasteiger partial charge is 0.329 e. The lowest BCUT2D eigenvalue weighted by Gasteiger charge is -2.39. The van der Waals surface area contributed by atoms with E-state index >= 15 is 0 Å². The van der Waals surface area contributed by atoms with E-state index in [2.05, 4.69) is 5.32 Å². The van der Waals surface area contributed by atoms with Crippen LogP contribution in [0.25, 0.3) is 0 Å². The Morgan fingerprint density at radius 3 is 2.37 bits per heavy atom. The number of hydrogen-bond acceptors (Lipinski definition) is 2. The summed E-state index contributed by atoms with van der Waals surface area (Å²) in [6, 6.07) is 8.88. The minimum atomic E-state index is -1.07.